The Kier molecular flexibility index (Phi) is 7.83. The molecule has 0 aliphatic rings. The fourth-order valence-electron chi connectivity index (χ4n) is 3.40. The maximum absolute atomic E-state index is 13.1. The largest absolute Gasteiger partial charge is 0.322 e. The van der Waals surface area contributed by atoms with Crippen molar-refractivity contribution in [2.75, 3.05) is 21.3 Å². The van der Waals surface area contributed by atoms with Gasteiger partial charge in [-0.3, -0.25) is 19.2 Å². The Bertz CT molecular complexity index is 1390. The number of halogens is 2. The van der Waals surface area contributed by atoms with Gasteiger partial charge >= 0.3 is 11.8 Å². The maximum Gasteiger partial charge on any atom is 0.314 e. The van der Waals surface area contributed by atoms with Crippen molar-refractivity contribution in [3.05, 3.63) is 120 Å². The smallest absolute Gasteiger partial charge is 0.314 e. The second-order valence-electron chi connectivity index (χ2n) is 7.92. The molecule has 0 aromatic heterocycles. The van der Waals surface area contributed by atoms with Crippen molar-refractivity contribution in [2.24, 2.45) is 0 Å². The summed E-state index contributed by atoms with van der Waals surface area (Å²) >= 11 is 0. The van der Waals surface area contributed by atoms with Crippen LogP contribution in [0.1, 0.15) is 20.7 Å². The summed E-state index contributed by atoms with van der Waals surface area (Å²) in [6.07, 6.45) is 0. The number of rotatable bonds is 6. The third kappa shape index (κ3) is 6.43. The minimum absolute atomic E-state index is 0.0644. The topological polar surface area (TPSA) is 116 Å². The standard InChI is InChI=1S/C28H20F2N4O4/c29-17-9-13-19(14-10-17)31-25(35)21-5-1-3-7-23(21)33-27(37)28(38)34-24-8-4-2-6-22(24)26(36)32-20-15-11-18(30)12-16-20/h1-16H,(H,31,35)(H,32,36)(H,33,37)(H,34,38). The summed E-state index contributed by atoms with van der Waals surface area (Å²) in [5.41, 5.74) is 0.940. The summed E-state index contributed by atoms with van der Waals surface area (Å²) in [7, 11) is 0. The quantitative estimate of drug-likeness (QED) is 0.270. The predicted octanol–water partition coefficient (Wildman–Crippen LogP) is 5.05. The fourth-order valence-corrected chi connectivity index (χ4v) is 3.40. The summed E-state index contributed by atoms with van der Waals surface area (Å²) in [5.74, 6) is -4.26. The van der Waals surface area contributed by atoms with Crippen LogP contribution in [0.15, 0.2) is 97.1 Å². The van der Waals surface area contributed by atoms with E-state index in [0.29, 0.717) is 11.4 Å². The molecule has 0 fully saturated rings. The fraction of sp³-hybridized carbons (Fsp3) is 0. The number of hydrogen-bond donors (Lipinski definition) is 4. The van der Waals surface area contributed by atoms with E-state index >= 15 is 0 Å². The molecule has 8 nitrogen and oxygen atoms in total. The molecule has 0 saturated heterocycles. The molecule has 4 aromatic carbocycles. The number of anilines is 4. The molecule has 0 radical (unpaired) electrons. The lowest BCUT2D eigenvalue weighted by Crippen LogP contribution is -2.31. The van der Waals surface area contributed by atoms with Crippen molar-refractivity contribution >= 4 is 46.4 Å². The normalized spacial score (nSPS) is 10.3. The molecular weight excluding hydrogens is 494 g/mol. The van der Waals surface area contributed by atoms with E-state index in [0.717, 1.165) is 0 Å². The van der Waals surface area contributed by atoms with Crippen LogP contribution in [0.3, 0.4) is 0 Å². The van der Waals surface area contributed by atoms with E-state index in [1.165, 1.54) is 72.8 Å². The zero-order chi connectivity index (χ0) is 27.1. The molecule has 0 bridgehead atoms. The van der Waals surface area contributed by atoms with Gasteiger partial charge in [-0.05, 0) is 72.8 Å². The molecule has 4 rings (SSSR count). The van der Waals surface area contributed by atoms with Crippen molar-refractivity contribution in [3.63, 3.8) is 0 Å². The lowest BCUT2D eigenvalue weighted by molar-refractivity contribution is -0.133. The molecule has 4 amide bonds. The highest BCUT2D eigenvalue weighted by Crippen LogP contribution is 2.20. The summed E-state index contributed by atoms with van der Waals surface area (Å²) in [4.78, 5) is 50.8. The average molecular weight is 514 g/mol. The summed E-state index contributed by atoms with van der Waals surface area (Å²) in [6, 6.07) is 22.3. The van der Waals surface area contributed by atoms with Crippen LogP contribution >= 0.6 is 0 Å². The van der Waals surface area contributed by atoms with Gasteiger partial charge in [-0.25, -0.2) is 8.78 Å². The average Bonchev–Trinajstić information content (AvgIpc) is 2.91. The first-order valence-electron chi connectivity index (χ1n) is 11.2. The van der Waals surface area contributed by atoms with Gasteiger partial charge in [0.2, 0.25) is 0 Å². The number of carbonyl (C=O) groups excluding carboxylic acids is 4. The van der Waals surface area contributed by atoms with Crippen molar-refractivity contribution in [1.29, 1.82) is 0 Å². The van der Waals surface area contributed by atoms with Crippen molar-refractivity contribution in [2.45, 2.75) is 0 Å². The number of hydrogen-bond acceptors (Lipinski definition) is 4. The van der Waals surface area contributed by atoms with Gasteiger partial charge in [0.05, 0.1) is 22.5 Å². The van der Waals surface area contributed by atoms with Crippen LogP contribution in [0.5, 0.6) is 0 Å². The van der Waals surface area contributed by atoms with Crippen LogP contribution in [0.4, 0.5) is 31.5 Å². The lowest BCUT2D eigenvalue weighted by Gasteiger charge is -2.13. The van der Waals surface area contributed by atoms with Crippen molar-refractivity contribution in [1.82, 2.24) is 0 Å². The highest BCUT2D eigenvalue weighted by molar-refractivity contribution is 6.44. The second kappa shape index (κ2) is 11.6. The molecule has 0 aliphatic heterocycles. The first-order valence-corrected chi connectivity index (χ1v) is 11.2. The number of para-hydroxylation sites is 2. The van der Waals surface area contributed by atoms with E-state index in [4.69, 9.17) is 0 Å². The molecule has 0 saturated carbocycles. The van der Waals surface area contributed by atoms with Gasteiger partial charge < -0.3 is 21.3 Å². The first kappa shape index (κ1) is 25.7. The van der Waals surface area contributed by atoms with Crippen LogP contribution in [0.2, 0.25) is 0 Å². The predicted molar refractivity (Wildman–Crippen MR) is 139 cm³/mol. The summed E-state index contributed by atoms with van der Waals surface area (Å²) in [5, 5.41) is 9.96. The Hall–Kier alpha value is -5.38. The van der Waals surface area contributed by atoms with E-state index in [9.17, 15) is 28.0 Å². The highest BCUT2D eigenvalue weighted by Gasteiger charge is 2.20. The SMILES string of the molecule is O=C(Nc1ccccc1C(=O)Nc1ccc(F)cc1)C(=O)Nc1ccccc1C(=O)Nc1ccc(F)cc1. The van der Waals surface area contributed by atoms with E-state index in [-0.39, 0.29) is 22.5 Å². The van der Waals surface area contributed by atoms with Gasteiger partial charge in [-0.1, -0.05) is 24.3 Å². The molecule has 190 valence electrons. The Balaban J connectivity index is 1.44. The minimum Gasteiger partial charge on any atom is -0.322 e. The third-order valence-corrected chi connectivity index (χ3v) is 5.25. The van der Waals surface area contributed by atoms with E-state index in [1.807, 2.05) is 0 Å². The monoisotopic (exact) mass is 514 g/mol. The molecule has 0 spiro atoms. The number of benzene rings is 4. The van der Waals surface area contributed by atoms with Crippen LogP contribution < -0.4 is 21.3 Å². The molecule has 4 N–H and O–H groups in total. The molecule has 0 aliphatic carbocycles. The number of carbonyl (C=O) groups is 4. The Labute approximate surface area is 215 Å². The maximum atomic E-state index is 13.1. The molecule has 10 heteroatoms. The van der Waals surface area contributed by atoms with Gasteiger partial charge in [0.25, 0.3) is 11.8 Å². The van der Waals surface area contributed by atoms with Gasteiger partial charge in [-0.2, -0.15) is 0 Å². The highest BCUT2D eigenvalue weighted by atomic mass is 19.1. The molecule has 4 aromatic rings. The van der Waals surface area contributed by atoms with E-state index in [1.54, 1.807) is 24.3 Å². The van der Waals surface area contributed by atoms with E-state index in [2.05, 4.69) is 21.3 Å². The van der Waals surface area contributed by atoms with Gasteiger partial charge in [0, 0.05) is 11.4 Å². The Morgan fingerprint density at radius 2 is 0.789 bits per heavy atom. The molecular formula is C28H20F2N4O4. The van der Waals surface area contributed by atoms with Crippen LogP contribution in [0.25, 0.3) is 0 Å². The lowest BCUT2D eigenvalue weighted by atomic mass is 10.1. The van der Waals surface area contributed by atoms with Crippen molar-refractivity contribution in [3.8, 4) is 0 Å². The number of nitrogens with one attached hydrogen (secondary N) is 4. The van der Waals surface area contributed by atoms with Crippen molar-refractivity contribution < 1.29 is 28.0 Å². The Morgan fingerprint density at radius 3 is 1.16 bits per heavy atom. The van der Waals surface area contributed by atoms with E-state index < -0.39 is 35.3 Å². The van der Waals surface area contributed by atoms with Crippen LogP contribution in [0, 0.1) is 11.6 Å². The number of amides is 4. The second-order valence-corrected chi connectivity index (χ2v) is 7.92. The van der Waals surface area contributed by atoms with Gasteiger partial charge in [0.1, 0.15) is 11.6 Å². The molecule has 0 heterocycles. The van der Waals surface area contributed by atoms with Crippen LogP contribution in [-0.4, -0.2) is 23.6 Å². The van der Waals surface area contributed by atoms with Gasteiger partial charge in [0.15, 0.2) is 0 Å². The Morgan fingerprint density at radius 1 is 0.447 bits per heavy atom. The molecule has 0 unspecified atom stereocenters. The van der Waals surface area contributed by atoms with Crippen LogP contribution in [-0.2, 0) is 9.59 Å². The zero-order valence-electron chi connectivity index (χ0n) is 19.6. The first-order chi connectivity index (χ1) is 18.3. The van der Waals surface area contributed by atoms with Gasteiger partial charge in [-0.15, -0.1) is 0 Å². The summed E-state index contributed by atoms with van der Waals surface area (Å²) < 4.78 is 26.3. The minimum atomic E-state index is -1.08. The molecule has 0 atom stereocenters. The third-order valence-electron chi connectivity index (χ3n) is 5.25. The molecule has 38 heavy (non-hydrogen) atoms. The summed E-state index contributed by atoms with van der Waals surface area (Å²) in [6.45, 7) is 0. The zero-order valence-corrected chi connectivity index (χ0v) is 19.6.